The molecule has 13 heavy (non-hydrogen) atoms. The highest BCUT2D eigenvalue weighted by Gasteiger charge is 2.00. The Morgan fingerprint density at radius 3 is 2.77 bits per heavy atom. The maximum Gasteiger partial charge on any atom is 0.138 e. The van der Waals surface area contributed by atoms with Crippen molar-refractivity contribution in [3.05, 3.63) is 29.8 Å². The van der Waals surface area contributed by atoms with Gasteiger partial charge in [0.15, 0.2) is 0 Å². The molecule has 70 valence electrons. The first kappa shape index (κ1) is 9.99. The summed E-state index contributed by atoms with van der Waals surface area (Å²) in [5.74, 6) is 0.873. The van der Waals surface area contributed by atoms with Gasteiger partial charge in [0.05, 0.1) is 0 Å². The standard InChI is InChI=1S/C10H13NOS/c1-2-8-5-3-4-6-9(8)12-7-10(11)13/h3-6H,2,7H2,1H3,(H2,11,13). The van der Waals surface area contributed by atoms with Crippen LogP contribution in [-0.2, 0) is 6.42 Å². The summed E-state index contributed by atoms with van der Waals surface area (Å²) < 4.78 is 5.42. The van der Waals surface area contributed by atoms with Crippen molar-refractivity contribution in [1.82, 2.24) is 0 Å². The van der Waals surface area contributed by atoms with E-state index in [1.165, 1.54) is 5.56 Å². The Bertz CT molecular complexity index is 299. The van der Waals surface area contributed by atoms with Crippen molar-refractivity contribution < 1.29 is 4.74 Å². The number of para-hydroxylation sites is 1. The minimum atomic E-state index is 0.312. The number of nitrogens with two attached hydrogens (primary N) is 1. The third kappa shape index (κ3) is 3.03. The molecule has 0 aliphatic carbocycles. The Hall–Kier alpha value is -1.09. The smallest absolute Gasteiger partial charge is 0.138 e. The average molecular weight is 195 g/mol. The van der Waals surface area contributed by atoms with Gasteiger partial charge in [-0.2, -0.15) is 0 Å². The van der Waals surface area contributed by atoms with Crippen LogP contribution in [0.15, 0.2) is 24.3 Å². The number of rotatable bonds is 4. The van der Waals surface area contributed by atoms with Gasteiger partial charge in [-0.15, -0.1) is 0 Å². The van der Waals surface area contributed by atoms with Crippen LogP contribution in [0.5, 0.6) is 5.75 Å². The van der Waals surface area contributed by atoms with Crippen LogP contribution in [0.3, 0.4) is 0 Å². The molecule has 0 aliphatic rings. The molecule has 1 aromatic carbocycles. The van der Waals surface area contributed by atoms with Gasteiger partial charge in [0.2, 0.25) is 0 Å². The molecule has 0 heterocycles. The number of benzene rings is 1. The number of ether oxygens (including phenoxy) is 1. The Balaban J connectivity index is 2.69. The van der Waals surface area contributed by atoms with Gasteiger partial charge in [0.1, 0.15) is 17.3 Å². The third-order valence-corrected chi connectivity index (χ3v) is 1.84. The van der Waals surface area contributed by atoms with Crippen molar-refractivity contribution in [1.29, 1.82) is 0 Å². The van der Waals surface area contributed by atoms with E-state index in [-0.39, 0.29) is 0 Å². The summed E-state index contributed by atoms with van der Waals surface area (Å²) in [6, 6.07) is 7.90. The predicted molar refractivity (Wildman–Crippen MR) is 58.1 cm³/mol. The van der Waals surface area contributed by atoms with Gasteiger partial charge in [0, 0.05) is 0 Å². The zero-order valence-corrected chi connectivity index (χ0v) is 8.43. The second-order valence-corrected chi connectivity index (χ2v) is 3.24. The second kappa shape index (κ2) is 4.82. The zero-order valence-electron chi connectivity index (χ0n) is 7.62. The second-order valence-electron chi connectivity index (χ2n) is 2.72. The van der Waals surface area contributed by atoms with Gasteiger partial charge in [-0.05, 0) is 18.1 Å². The maximum atomic E-state index is 5.42. The number of hydrogen-bond acceptors (Lipinski definition) is 2. The molecule has 0 unspecified atom stereocenters. The molecule has 0 radical (unpaired) electrons. The molecule has 0 saturated carbocycles. The lowest BCUT2D eigenvalue weighted by atomic mass is 10.1. The van der Waals surface area contributed by atoms with Gasteiger partial charge < -0.3 is 10.5 Å². The quantitative estimate of drug-likeness (QED) is 0.745. The van der Waals surface area contributed by atoms with Crippen LogP contribution in [0, 0.1) is 0 Å². The average Bonchev–Trinajstić information content (AvgIpc) is 2.15. The largest absolute Gasteiger partial charge is 0.486 e. The first-order valence-electron chi connectivity index (χ1n) is 4.23. The van der Waals surface area contributed by atoms with Crippen LogP contribution in [0.2, 0.25) is 0 Å². The van der Waals surface area contributed by atoms with E-state index >= 15 is 0 Å². The first-order chi connectivity index (χ1) is 6.24. The summed E-state index contributed by atoms with van der Waals surface area (Å²) in [5, 5.41) is 0. The zero-order chi connectivity index (χ0) is 9.68. The molecule has 0 spiro atoms. The number of aryl methyl sites for hydroxylation is 1. The Labute approximate surface area is 83.7 Å². The van der Waals surface area contributed by atoms with Crippen molar-refractivity contribution in [3.8, 4) is 5.75 Å². The normalized spacial score (nSPS) is 9.62. The van der Waals surface area contributed by atoms with Crippen molar-refractivity contribution in [2.75, 3.05) is 6.61 Å². The van der Waals surface area contributed by atoms with Crippen LogP contribution in [0.25, 0.3) is 0 Å². The molecule has 0 bridgehead atoms. The molecular formula is C10H13NOS. The molecule has 1 rings (SSSR count). The third-order valence-electron chi connectivity index (χ3n) is 1.72. The minimum absolute atomic E-state index is 0.312. The van der Waals surface area contributed by atoms with E-state index in [1.807, 2.05) is 24.3 Å². The Morgan fingerprint density at radius 2 is 2.15 bits per heavy atom. The SMILES string of the molecule is CCc1ccccc1OCC(N)=S. The van der Waals surface area contributed by atoms with E-state index in [1.54, 1.807) is 0 Å². The highest BCUT2D eigenvalue weighted by Crippen LogP contribution is 2.17. The van der Waals surface area contributed by atoms with Crippen LogP contribution < -0.4 is 10.5 Å². The molecule has 2 nitrogen and oxygen atoms in total. The van der Waals surface area contributed by atoms with Gasteiger partial charge in [0.25, 0.3) is 0 Å². The monoisotopic (exact) mass is 195 g/mol. The van der Waals surface area contributed by atoms with Crippen LogP contribution in [0.1, 0.15) is 12.5 Å². The lowest BCUT2D eigenvalue weighted by molar-refractivity contribution is 0.373. The van der Waals surface area contributed by atoms with Crippen molar-refractivity contribution in [2.24, 2.45) is 5.73 Å². The van der Waals surface area contributed by atoms with E-state index in [0.717, 1.165) is 12.2 Å². The first-order valence-corrected chi connectivity index (χ1v) is 4.64. The van der Waals surface area contributed by atoms with Gasteiger partial charge in [-0.1, -0.05) is 37.3 Å². The van der Waals surface area contributed by atoms with E-state index < -0.39 is 0 Å². The topological polar surface area (TPSA) is 35.2 Å². The lowest BCUT2D eigenvalue weighted by Crippen LogP contribution is -2.18. The maximum absolute atomic E-state index is 5.42. The fraction of sp³-hybridized carbons (Fsp3) is 0.300. The van der Waals surface area contributed by atoms with Gasteiger partial charge in [-0.25, -0.2) is 0 Å². The molecular weight excluding hydrogens is 182 g/mol. The van der Waals surface area contributed by atoms with Crippen LogP contribution >= 0.6 is 12.2 Å². The van der Waals surface area contributed by atoms with E-state index in [0.29, 0.717) is 11.6 Å². The van der Waals surface area contributed by atoms with E-state index in [4.69, 9.17) is 22.7 Å². The molecule has 2 N–H and O–H groups in total. The summed E-state index contributed by atoms with van der Waals surface area (Å²) >= 11 is 4.73. The van der Waals surface area contributed by atoms with E-state index in [2.05, 4.69) is 6.92 Å². The molecule has 3 heteroatoms. The van der Waals surface area contributed by atoms with Crippen molar-refractivity contribution >= 4 is 17.2 Å². The van der Waals surface area contributed by atoms with Crippen LogP contribution in [0.4, 0.5) is 0 Å². The van der Waals surface area contributed by atoms with E-state index in [9.17, 15) is 0 Å². The molecule has 0 aliphatic heterocycles. The highest BCUT2D eigenvalue weighted by molar-refractivity contribution is 7.80. The molecule has 0 atom stereocenters. The van der Waals surface area contributed by atoms with Gasteiger partial charge in [-0.3, -0.25) is 0 Å². The number of thiocarbonyl (C=S) groups is 1. The highest BCUT2D eigenvalue weighted by atomic mass is 32.1. The lowest BCUT2D eigenvalue weighted by Gasteiger charge is -2.08. The molecule has 0 saturated heterocycles. The summed E-state index contributed by atoms with van der Waals surface area (Å²) in [5.41, 5.74) is 6.52. The molecule has 0 aromatic heterocycles. The Kier molecular flexibility index (Phi) is 3.71. The fourth-order valence-corrected chi connectivity index (χ4v) is 1.14. The van der Waals surface area contributed by atoms with Gasteiger partial charge >= 0.3 is 0 Å². The van der Waals surface area contributed by atoms with Crippen molar-refractivity contribution in [3.63, 3.8) is 0 Å². The molecule has 1 aromatic rings. The van der Waals surface area contributed by atoms with Crippen molar-refractivity contribution in [2.45, 2.75) is 13.3 Å². The van der Waals surface area contributed by atoms with Crippen LogP contribution in [-0.4, -0.2) is 11.6 Å². The minimum Gasteiger partial charge on any atom is -0.486 e. The Morgan fingerprint density at radius 1 is 1.46 bits per heavy atom. The predicted octanol–water partition coefficient (Wildman–Crippen LogP) is 1.91. The summed E-state index contributed by atoms with van der Waals surface area (Å²) in [4.78, 5) is 0.380. The summed E-state index contributed by atoms with van der Waals surface area (Å²) in [6.45, 7) is 2.40. The number of hydrogen-bond donors (Lipinski definition) is 1. The fourth-order valence-electron chi connectivity index (χ4n) is 1.09. The summed E-state index contributed by atoms with van der Waals surface area (Å²) in [6.07, 6.45) is 0.952. The molecule has 0 fully saturated rings. The molecule has 0 amide bonds. The summed E-state index contributed by atoms with van der Waals surface area (Å²) in [7, 11) is 0.